The van der Waals surface area contributed by atoms with E-state index in [2.05, 4.69) is 24.5 Å². The maximum Gasteiger partial charge on any atom is 0.239 e. The minimum Gasteiger partial charge on any atom is -0.508 e. The van der Waals surface area contributed by atoms with Gasteiger partial charge in [-0.05, 0) is 65.8 Å². The molecular weight excluding hydrogens is 498 g/mol. The first-order chi connectivity index (χ1) is 18.2. The molecule has 3 aromatic rings. The van der Waals surface area contributed by atoms with Crippen molar-refractivity contribution in [3.8, 4) is 5.75 Å². The number of nitrogens with zero attached hydrogens (tertiary/aromatic N) is 1. The largest absolute Gasteiger partial charge is 0.508 e. The van der Waals surface area contributed by atoms with Crippen molar-refractivity contribution >= 4 is 34.7 Å². The van der Waals surface area contributed by atoms with Crippen molar-refractivity contribution in [3.63, 3.8) is 0 Å². The van der Waals surface area contributed by atoms with Crippen LogP contribution in [0.5, 0.6) is 5.75 Å². The predicted molar refractivity (Wildman–Crippen MR) is 151 cm³/mol. The maximum atomic E-state index is 13.7. The number of benzene rings is 3. The van der Waals surface area contributed by atoms with Gasteiger partial charge in [-0.15, -0.1) is 0 Å². The molecule has 7 heteroatoms. The third-order valence-electron chi connectivity index (χ3n) is 7.18. The Morgan fingerprint density at radius 1 is 1.05 bits per heavy atom. The van der Waals surface area contributed by atoms with Gasteiger partial charge in [-0.2, -0.15) is 0 Å². The van der Waals surface area contributed by atoms with E-state index in [4.69, 9.17) is 11.6 Å². The van der Waals surface area contributed by atoms with Gasteiger partial charge in [0.1, 0.15) is 5.75 Å². The zero-order valence-electron chi connectivity index (χ0n) is 21.6. The maximum absolute atomic E-state index is 13.7. The number of anilines is 2. The lowest BCUT2D eigenvalue weighted by molar-refractivity contribution is -0.120. The van der Waals surface area contributed by atoms with Gasteiger partial charge in [0.05, 0.1) is 24.0 Å². The molecule has 6 nitrogen and oxygen atoms in total. The van der Waals surface area contributed by atoms with Crippen LogP contribution in [0, 0.1) is 5.41 Å². The summed E-state index contributed by atoms with van der Waals surface area (Å²) in [7, 11) is 0. The molecule has 196 valence electrons. The summed E-state index contributed by atoms with van der Waals surface area (Å²) in [6, 6.07) is 22.0. The van der Waals surface area contributed by atoms with E-state index >= 15 is 0 Å². The van der Waals surface area contributed by atoms with E-state index in [1.807, 2.05) is 65.6 Å². The number of halogens is 1. The number of hydrogen-bond donors (Lipinski definition) is 3. The minimum atomic E-state index is -0.440. The van der Waals surface area contributed by atoms with Gasteiger partial charge in [-0.1, -0.05) is 61.8 Å². The normalized spacial score (nSPS) is 18.2. The number of phenolic OH excluding ortho intramolecular Hbond substituents is 1. The number of allylic oxidation sites excluding steroid dienone is 1. The fourth-order valence-electron chi connectivity index (χ4n) is 5.44. The molecular formula is C31H32ClN3O3. The molecule has 1 heterocycles. The van der Waals surface area contributed by atoms with Crippen LogP contribution in [0.3, 0.4) is 0 Å². The number of fused-ring (bicyclic) bond motifs is 1. The van der Waals surface area contributed by atoms with Gasteiger partial charge in [0.2, 0.25) is 5.91 Å². The number of ketones is 1. The van der Waals surface area contributed by atoms with Gasteiger partial charge in [0.15, 0.2) is 5.78 Å². The van der Waals surface area contributed by atoms with Crippen LogP contribution in [0.2, 0.25) is 5.02 Å². The van der Waals surface area contributed by atoms with Crippen molar-refractivity contribution in [3.05, 3.63) is 100 Å². The van der Waals surface area contributed by atoms with E-state index in [0.29, 0.717) is 30.0 Å². The Kier molecular flexibility index (Phi) is 7.17. The van der Waals surface area contributed by atoms with Crippen molar-refractivity contribution in [2.45, 2.75) is 39.2 Å². The molecule has 2 aliphatic rings. The van der Waals surface area contributed by atoms with Crippen LogP contribution in [-0.4, -0.2) is 29.9 Å². The van der Waals surface area contributed by atoms with Crippen molar-refractivity contribution in [2.24, 2.45) is 5.41 Å². The van der Waals surface area contributed by atoms with Crippen LogP contribution < -0.4 is 15.5 Å². The van der Waals surface area contributed by atoms with Crippen molar-refractivity contribution in [1.82, 2.24) is 5.32 Å². The SMILES string of the molecule is CC1(C)CC(=O)C2=C(C1)Nc1ccccc1N(CC(=O)NCCc1ccc(O)cc1)C2c1ccc(Cl)cc1. The number of phenols is 1. The second-order valence-electron chi connectivity index (χ2n) is 10.8. The molecule has 0 aromatic heterocycles. The Labute approximate surface area is 228 Å². The molecule has 3 N–H and O–H groups in total. The lowest BCUT2D eigenvalue weighted by Crippen LogP contribution is -2.42. The number of Topliss-reactive ketones (excluding diaryl/α,β-unsaturated/α-hetero) is 1. The monoisotopic (exact) mass is 529 g/mol. The van der Waals surface area contributed by atoms with Gasteiger partial charge < -0.3 is 20.6 Å². The number of carbonyl (C=O) groups is 2. The summed E-state index contributed by atoms with van der Waals surface area (Å²) < 4.78 is 0. The van der Waals surface area contributed by atoms with Crippen molar-refractivity contribution in [1.29, 1.82) is 0 Å². The average molecular weight is 530 g/mol. The van der Waals surface area contributed by atoms with Crippen molar-refractivity contribution < 1.29 is 14.7 Å². The van der Waals surface area contributed by atoms with Crippen LogP contribution in [0.25, 0.3) is 0 Å². The zero-order chi connectivity index (χ0) is 26.9. The number of aromatic hydroxyl groups is 1. The highest BCUT2D eigenvalue weighted by molar-refractivity contribution is 6.30. The molecule has 0 fully saturated rings. The van der Waals surface area contributed by atoms with Gasteiger partial charge >= 0.3 is 0 Å². The molecule has 0 saturated carbocycles. The van der Waals surface area contributed by atoms with Gasteiger partial charge in [-0.25, -0.2) is 0 Å². The second kappa shape index (κ2) is 10.5. The topological polar surface area (TPSA) is 81.7 Å². The number of hydrogen-bond acceptors (Lipinski definition) is 5. The predicted octanol–water partition coefficient (Wildman–Crippen LogP) is 6.02. The summed E-state index contributed by atoms with van der Waals surface area (Å²) in [5.41, 5.74) is 5.12. The average Bonchev–Trinajstić information content (AvgIpc) is 2.99. The smallest absolute Gasteiger partial charge is 0.239 e. The molecule has 1 unspecified atom stereocenters. The van der Waals surface area contributed by atoms with E-state index < -0.39 is 6.04 Å². The Morgan fingerprint density at radius 2 is 1.76 bits per heavy atom. The number of para-hydroxylation sites is 2. The zero-order valence-corrected chi connectivity index (χ0v) is 22.4. The fraction of sp³-hybridized carbons (Fsp3) is 0.290. The third-order valence-corrected chi connectivity index (χ3v) is 7.43. The van der Waals surface area contributed by atoms with E-state index in [0.717, 1.165) is 34.6 Å². The highest BCUT2D eigenvalue weighted by Crippen LogP contribution is 2.48. The van der Waals surface area contributed by atoms with Crippen molar-refractivity contribution in [2.75, 3.05) is 23.3 Å². The number of nitrogens with one attached hydrogen (secondary N) is 2. The lowest BCUT2D eigenvalue weighted by Gasteiger charge is -2.37. The molecule has 0 saturated heterocycles. The van der Waals surface area contributed by atoms with Gasteiger partial charge in [0, 0.05) is 29.3 Å². The number of rotatable bonds is 6. The molecule has 1 aliphatic heterocycles. The summed E-state index contributed by atoms with van der Waals surface area (Å²) in [5.74, 6) is 0.174. The summed E-state index contributed by atoms with van der Waals surface area (Å²) in [6.07, 6.45) is 1.83. The standard InChI is InChI=1S/C31H32ClN3O3/c1-31(2)17-25-29(27(37)18-31)30(21-9-11-22(32)12-10-21)35(26-6-4-3-5-24(26)34-25)19-28(38)33-16-15-20-7-13-23(36)14-8-20/h3-14,30,34,36H,15-19H2,1-2H3,(H,33,38). The van der Waals surface area contributed by atoms with Gasteiger partial charge in [-0.3, -0.25) is 9.59 Å². The summed E-state index contributed by atoms with van der Waals surface area (Å²) >= 11 is 6.22. The summed E-state index contributed by atoms with van der Waals surface area (Å²) in [6.45, 7) is 4.77. The van der Waals surface area contributed by atoms with E-state index in [1.165, 1.54) is 0 Å². The lowest BCUT2D eigenvalue weighted by atomic mass is 9.73. The van der Waals surface area contributed by atoms with Crippen LogP contribution in [0.4, 0.5) is 11.4 Å². The minimum absolute atomic E-state index is 0.0784. The molecule has 38 heavy (non-hydrogen) atoms. The molecule has 0 bridgehead atoms. The molecule has 1 aliphatic carbocycles. The summed E-state index contributed by atoms with van der Waals surface area (Å²) in [5, 5.41) is 16.7. The first-order valence-electron chi connectivity index (χ1n) is 12.9. The van der Waals surface area contributed by atoms with Crippen LogP contribution in [-0.2, 0) is 16.0 Å². The number of amides is 1. The highest BCUT2D eigenvalue weighted by atomic mass is 35.5. The van der Waals surface area contributed by atoms with Crippen LogP contribution in [0.1, 0.15) is 43.9 Å². The third kappa shape index (κ3) is 5.55. The fourth-order valence-corrected chi connectivity index (χ4v) is 5.56. The molecule has 5 rings (SSSR count). The Bertz CT molecular complexity index is 1380. The highest BCUT2D eigenvalue weighted by Gasteiger charge is 2.41. The van der Waals surface area contributed by atoms with E-state index in [-0.39, 0.29) is 29.4 Å². The second-order valence-corrected chi connectivity index (χ2v) is 11.3. The van der Waals surface area contributed by atoms with Crippen LogP contribution >= 0.6 is 11.6 Å². The Morgan fingerprint density at radius 3 is 2.50 bits per heavy atom. The quantitative estimate of drug-likeness (QED) is 0.364. The Hall–Kier alpha value is -3.77. The molecule has 0 spiro atoms. The van der Waals surface area contributed by atoms with E-state index in [9.17, 15) is 14.7 Å². The molecule has 1 atom stereocenters. The first-order valence-corrected chi connectivity index (χ1v) is 13.3. The van der Waals surface area contributed by atoms with Crippen LogP contribution in [0.15, 0.2) is 84.1 Å². The molecule has 0 radical (unpaired) electrons. The molecule has 1 amide bonds. The molecule has 3 aromatic carbocycles. The first kappa shape index (κ1) is 25.9. The Balaban J connectivity index is 1.50. The summed E-state index contributed by atoms with van der Waals surface area (Å²) in [4.78, 5) is 29.1. The number of carbonyl (C=O) groups excluding carboxylic acids is 2. The van der Waals surface area contributed by atoms with E-state index in [1.54, 1.807) is 12.1 Å². The van der Waals surface area contributed by atoms with Gasteiger partial charge in [0.25, 0.3) is 0 Å².